The fraction of sp³-hybridized carbons (Fsp3) is 0.750. The maximum absolute atomic E-state index is 11.2. The van der Waals surface area contributed by atoms with Crippen LogP contribution in [0.5, 0.6) is 0 Å². The van der Waals surface area contributed by atoms with Gasteiger partial charge in [0.15, 0.2) is 18.3 Å². The van der Waals surface area contributed by atoms with Crippen LogP contribution < -0.4 is 5.73 Å². The van der Waals surface area contributed by atoms with Crippen LogP contribution >= 0.6 is 0 Å². The van der Waals surface area contributed by atoms with Gasteiger partial charge in [-0.25, -0.2) is 0 Å². The van der Waals surface area contributed by atoms with Gasteiger partial charge in [0.2, 0.25) is 0 Å². The van der Waals surface area contributed by atoms with Crippen LogP contribution in [-0.2, 0) is 33.3 Å². The maximum Gasteiger partial charge on any atom is 0.303 e. The van der Waals surface area contributed by atoms with Crippen molar-refractivity contribution >= 4 is 17.9 Å². The van der Waals surface area contributed by atoms with E-state index in [-0.39, 0.29) is 0 Å². The third-order valence-corrected chi connectivity index (χ3v) is 2.76. The van der Waals surface area contributed by atoms with Gasteiger partial charge in [0, 0.05) is 20.8 Å². The Morgan fingerprint density at radius 2 is 1.38 bits per heavy atom. The Morgan fingerprint density at radius 3 is 1.81 bits per heavy atom. The fourth-order valence-corrected chi connectivity index (χ4v) is 2.08. The Bertz CT molecular complexity index is 412. The van der Waals surface area contributed by atoms with Crippen molar-refractivity contribution in [3.8, 4) is 0 Å². The molecule has 1 unspecified atom stereocenters. The molecular weight excluding hydrogens is 286 g/mol. The second-order valence-corrected chi connectivity index (χ2v) is 4.54. The zero-order valence-electron chi connectivity index (χ0n) is 12.0. The van der Waals surface area contributed by atoms with Gasteiger partial charge in [-0.3, -0.25) is 14.4 Å². The highest BCUT2D eigenvalue weighted by molar-refractivity contribution is 5.68. The van der Waals surface area contributed by atoms with Crippen LogP contribution in [0.15, 0.2) is 0 Å². The first-order valence-electron chi connectivity index (χ1n) is 6.29. The second kappa shape index (κ2) is 7.34. The fourth-order valence-electron chi connectivity index (χ4n) is 2.08. The molecule has 1 aliphatic heterocycles. The molecule has 1 aliphatic rings. The number of carbonyl (C=O) groups is 3. The summed E-state index contributed by atoms with van der Waals surface area (Å²) in [6.07, 6.45) is -5.60. The van der Waals surface area contributed by atoms with Gasteiger partial charge in [0.25, 0.3) is 0 Å². The van der Waals surface area contributed by atoms with Gasteiger partial charge in [-0.05, 0) is 0 Å². The average molecular weight is 305 g/mol. The average Bonchev–Trinajstić information content (AvgIpc) is 2.35. The number of hydrogen-bond donors (Lipinski definition) is 2. The summed E-state index contributed by atoms with van der Waals surface area (Å²) < 4.78 is 20.3. The lowest BCUT2D eigenvalue weighted by Crippen LogP contribution is -2.64. The molecule has 0 aromatic rings. The van der Waals surface area contributed by atoms with E-state index in [1.807, 2.05) is 0 Å². The molecule has 0 bridgehead atoms. The molecule has 120 valence electrons. The van der Waals surface area contributed by atoms with Crippen LogP contribution in [-0.4, -0.2) is 60.3 Å². The van der Waals surface area contributed by atoms with Crippen molar-refractivity contribution in [2.24, 2.45) is 5.73 Å². The number of nitrogens with two attached hydrogens (primary N) is 1. The summed E-state index contributed by atoms with van der Waals surface area (Å²) in [5.41, 5.74) is 5.71. The van der Waals surface area contributed by atoms with E-state index < -0.39 is 55.2 Å². The quantitative estimate of drug-likeness (QED) is 0.468. The first-order valence-corrected chi connectivity index (χ1v) is 6.29. The Kier molecular flexibility index (Phi) is 6.06. The molecule has 0 spiro atoms. The van der Waals surface area contributed by atoms with Gasteiger partial charge >= 0.3 is 17.9 Å². The predicted octanol–water partition coefficient (Wildman–Crippen LogP) is -1.54. The molecule has 0 saturated carbocycles. The summed E-state index contributed by atoms with van der Waals surface area (Å²) in [6, 6.07) is 0. The molecule has 9 nitrogen and oxygen atoms in total. The molecule has 0 aromatic carbocycles. The van der Waals surface area contributed by atoms with Crippen molar-refractivity contribution in [3.05, 3.63) is 0 Å². The van der Waals surface area contributed by atoms with Crippen LogP contribution in [0.25, 0.3) is 0 Å². The molecule has 1 saturated heterocycles. The van der Waals surface area contributed by atoms with Gasteiger partial charge in [0.05, 0.1) is 6.61 Å². The third kappa shape index (κ3) is 4.66. The van der Waals surface area contributed by atoms with Gasteiger partial charge in [-0.2, -0.15) is 0 Å². The standard InChI is InChI=1S/C12H19NO8/c1-5(15)18-9-8(4-14)21-12(13)11(20-7(3)17)10(9)19-6(2)16/h8-12,14H,4,13H2,1-3H3/t8-,9-,10+,11-,12?/m1/s1. The molecule has 0 aromatic heterocycles. The SMILES string of the molecule is CC(=O)O[C@H]1[C@H](OC(C)=O)[C@@H](OC(C)=O)C(N)O[C@@H]1CO. The molecule has 0 amide bonds. The first-order chi connectivity index (χ1) is 9.76. The summed E-state index contributed by atoms with van der Waals surface area (Å²) in [7, 11) is 0. The normalized spacial score (nSPS) is 32.1. The largest absolute Gasteiger partial charge is 0.456 e. The van der Waals surface area contributed by atoms with Crippen molar-refractivity contribution in [1.29, 1.82) is 0 Å². The maximum atomic E-state index is 11.2. The molecule has 1 rings (SSSR count). The van der Waals surface area contributed by atoms with Crippen LogP contribution in [0.2, 0.25) is 0 Å². The van der Waals surface area contributed by atoms with Crippen molar-refractivity contribution in [2.45, 2.75) is 51.4 Å². The van der Waals surface area contributed by atoms with E-state index in [4.69, 9.17) is 24.7 Å². The van der Waals surface area contributed by atoms with E-state index in [1.54, 1.807) is 0 Å². The lowest BCUT2D eigenvalue weighted by molar-refractivity contribution is -0.250. The molecule has 0 aliphatic carbocycles. The number of hydrogen-bond acceptors (Lipinski definition) is 9. The highest BCUT2D eigenvalue weighted by Crippen LogP contribution is 2.26. The van der Waals surface area contributed by atoms with Crippen LogP contribution in [0.3, 0.4) is 0 Å². The van der Waals surface area contributed by atoms with E-state index in [1.165, 1.54) is 0 Å². The zero-order chi connectivity index (χ0) is 16.2. The summed E-state index contributed by atoms with van der Waals surface area (Å²) in [6.45, 7) is 2.92. The lowest BCUT2D eigenvalue weighted by atomic mass is 9.97. The van der Waals surface area contributed by atoms with Crippen LogP contribution in [0, 0.1) is 0 Å². The van der Waals surface area contributed by atoms with Gasteiger partial charge in [-0.15, -0.1) is 0 Å². The van der Waals surface area contributed by atoms with Gasteiger partial charge < -0.3 is 29.8 Å². The molecule has 1 fully saturated rings. The highest BCUT2D eigenvalue weighted by atomic mass is 16.7. The van der Waals surface area contributed by atoms with Crippen molar-refractivity contribution in [2.75, 3.05) is 6.61 Å². The van der Waals surface area contributed by atoms with Crippen LogP contribution in [0.1, 0.15) is 20.8 Å². The third-order valence-electron chi connectivity index (χ3n) is 2.76. The van der Waals surface area contributed by atoms with E-state index in [9.17, 15) is 19.5 Å². The molecule has 9 heteroatoms. The zero-order valence-corrected chi connectivity index (χ0v) is 12.0. The summed E-state index contributed by atoms with van der Waals surface area (Å²) in [5.74, 6) is -2.02. The lowest BCUT2D eigenvalue weighted by Gasteiger charge is -2.42. The molecule has 5 atom stereocenters. The van der Waals surface area contributed by atoms with Crippen LogP contribution in [0.4, 0.5) is 0 Å². The minimum atomic E-state index is -1.17. The Morgan fingerprint density at radius 1 is 0.952 bits per heavy atom. The smallest absolute Gasteiger partial charge is 0.303 e. The van der Waals surface area contributed by atoms with Gasteiger partial charge in [0.1, 0.15) is 12.3 Å². The molecule has 1 heterocycles. The monoisotopic (exact) mass is 305 g/mol. The highest BCUT2D eigenvalue weighted by Gasteiger charge is 2.50. The number of esters is 3. The minimum Gasteiger partial charge on any atom is -0.456 e. The van der Waals surface area contributed by atoms with Crippen molar-refractivity contribution < 1.29 is 38.4 Å². The molecule has 21 heavy (non-hydrogen) atoms. The molecule has 3 N–H and O–H groups in total. The molecule has 0 radical (unpaired) electrons. The number of rotatable bonds is 4. The number of ether oxygens (including phenoxy) is 4. The Balaban J connectivity index is 3.08. The first kappa shape index (κ1) is 17.3. The summed E-state index contributed by atoms with van der Waals surface area (Å²) in [5, 5.41) is 9.29. The van der Waals surface area contributed by atoms with Gasteiger partial charge in [-0.1, -0.05) is 0 Å². The molecular formula is C12H19NO8. The van der Waals surface area contributed by atoms with E-state index in [0.29, 0.717) is 0 Å². The minimum absolute atomic E-state index is 0.518. The number of aliphatic hydroxyl groups excluding tert-OH is 1. The Labute approximate surface area is 121 Å². The number of aliphatic hydroxyl groups is 1. The van der Waals surface area contributed by atoms with E-state index >= 15 is 0 Å². The van der Waals surface area contributed by atoms with Crippen molar-refractivity contribution in [3.63, 3.8) is 0 Å². The van der Waals surface area contributed by atoms with E-state index in [2.05, 4.69) is 0 Å². The number of carbonyl (C=O) groups excluding carboxylic acids is 3. The Hall–Kier alpha value is -1.71. The van der Waals surface area contributed by atoms with E-state index in [0.717, 1.165) is 20.8 Å². The summed E-state index contributed by atoms with van der Waals surface area (Å²) >= 11 is 0. The predicted molar refractivity (Wildman–Crippen MR) is 66.6 cm³/mol. The topological polar surface area (TPSA) is 134 Å². The summed E-state index contributed by atoms with van der Waals surface area (Å²) in [4.78, 5) is 33.5. The van der Waals surface area contributed by atoms with Crippen molar-refractivity contribution in [1.82, 2.24) is 0 Å². The second-order valence-electron chi connectivity index (χ2n) is 4.54.